The first-order chi connectivity index (χ1) is 11.2. The second-order valence-electron chi connectivity index (χ2n) is 5.71. The van der Waals surface area contributed by atoms with Crippen molar-refractivity contribution in [2.75, 3.05) is 19.8 Å². The predicted octanol–water partition coefficient (Wildman–Crippen LogP) is 2.40. The van der Waals surface area contributed by atoms with Crippen LogP contribution in [0.2, 0.25) is 0 Å². The molecule has 0 spiro atoms. The zero-order chi connectivity index (χ0) is 16.2. The fourth-order valence-electron chi connectivity index (χ4n) is 3.19. The molecule has 0 saturated carbocycles. The second-order valence-corrected chi connectivity index (χ2v) is 5.71. The van der Waals surface area contributed by atoms with Crippen LogP contribution in [0.15, 0.2) is 36.4 Å². The summed E-state index contributed by atoms with van der Waals surface area (Å²) in [4.78, 5) is 0. The van der Waals surface area contributed by atoms with Gasteiger partial charge in [-0.1, -0.05) is 0 Å². The zero-order valence-electron chi connectivity index (χ0n) is 13.7. The van der Waals surface area contributed by atoms with E-state index in [1.807, 2.05) is 26.0 Å². The Bertz CT molecular complexity index is 667. The molecule has 0 radical (unpaired) electrons. The van der Waals surface area contributed by atoms with Crippen LogP contribution in [0.4, 0.5) is 0 Å². The lowest BCUT2D eigenvalue weighted by atomic mass is 9.89. The Morgan fingerprint density at radius 2 is 1.70 bits per heavy atom. The number of nitrogens with two attached hydrogens (primary N) is 1. The number of rotatable bonds is 5. The van der Waals surface area contributed by atoms with E-state index in [1.54, 1.807) is 12.1 Å². The predicted molar refractivity (Wildman–Crippen MR) is 89.2 cm³/mol. The molecule has 4 heteroatoms. The summed E-state index contributed by atoms with van der Waals surface area (Å²) in [5.74, 6) is 1.94. The molecule has 1 heterocycles. The smallest absolute Gasteiger partial charge is 0.161 e. The maximum atomic E-state index is 9.51. The fourth-order valence-corrected chi connectivity index (χ4v) is 3.19. The zero-order valence-corrected chi connectivity index (χ0v) is 13.7. The number of aromatic hydroxyl groups is 1. The van der Waals surface area contributed by atoms with Gasteiger partial charge in [-0.25, -0.2) is 0 Å². The molecule has 0 fully saturated rings. The molecule has 2 aromatic carbocycles. The standard InChI is InChI=1S/C19H23NO3/c1-3-22-17-11-14-9-10-20-19(13-5-7-15(21)8-6-13)16(14)12-18(17)23-4-2/h5-8,11-12,19-21H,3-4,9-10H2,1-2H3/p+1/t19-/m0/s1. The number of fused-ring (bicyclic) bond motifs is 1. The highest BCUT2D eigenvalue weighted by Gasteiger charge is 2.27. The van der Waals surface area contributed by atoms with E-state index in [0.29, 0.717) is 19.0 Å². The van der Waals surface area contributed by atoms with Gasteiger partial charge in [0.15, 0.2) is 11.5 Å². The van der Waals surface area contributed by atoms with Crippen molar-refractivity contribution in [3.63, 3.8) is 0 Å². The first-order valence-electron chi connectivity index (χ1n) is 8.27. The normalized spacial score (nSPS) is 16.7. The molecule has 3 N–H and O–H groups in total. The van der Waals surface area contributed by atoms with E-state index >= 15 is 0 Å². The van der Waals surface area contributed by atoms with E-state index in [4.69, 9.17) is 9.47 Å². The number of hydrogen-bond donors (Lipinski definition) is 2. The topological polar surface area (TPSA) is 55.3 Å². The fraction of sp³-hybridized carbons (Fsp3) is 0.368. The highest BCUT2D eigenvalue weighted by atomic mass is 16.5. The lowest BCUT2D eigenvalue weighted by Crippen LogP contribution is -2.87. The summed E-state index contributed by atoms with van der Waals surface area (Å²) >= 11 is 0. The van der Waals surface area contributed by atoms with Crippen molar-refractivity contribution < 1.29 is 19.9 Å². The Kier molecular flexibility index (Phi) is 4.72. The minimum Gasteiger partial charge on any atom is -0.508 e. The molecule has 1 aliphatic heterocycles. The summed E-state index contributed by atoms with van der Waals surface area (Å²) in [6, 6.07) is 12.0. The molecule has 0 amide bonds. The summed E-state index contributed by atoms with van der Waals surface area (Å²) in [6.45, 7) is 6.26. The number of quaternary nitrogens is 1. The molecule has 0 aromatic heterocycles. The van der Waals surface area contributed by atoms with Gasteiger partial charge in [0, 0.05) is 17.5 Å². The summed E-state index contributed by atoms with van der Waals surface area (Å²) in [5.41, 5.74) is 3.78. The second kappa shape index (κ2) is 6.92. The van der Waals surface area contributed by atoms with Crippen LogP contribution in [0, 0.1) is 0 Å². The summed E-state index contributed by atoms with van der Waals surface area (Å²) < 4.78 is 11.5. The number of phenols is 1. The molecule has 0 unspecified atom stereocenters. The third-order valence-electron chi connectivity index (χ3n) is 4.21. The van der Waals surface area contributed by atoms with Crippen LogP contribution in [0.5, 0.6) is 17.2 Å². The number of hydrogen-bond acceptors (Lipinski definition) is 3. The Hall–Kier alpha value is -2.20. The van der Waals surface area contributed by atoms with Gasteiger partial charge in [0.2, 0.25) is 0 Å². The largest absolute Gasteiger partial charge is 0.508 e. The molecule has 23 heavy (non-hydrogen) atoms. The van der Waals surface area contributed by atoms with E-state index in [0.717, 1.165) is 24.5 Å². The van der Waals surface area contributed by atoms with Crippen molar-refractivity contribution in [2.45, 2.75) is 26.3 Å². The van der Waals surface area contributed by atoms with Gasteiger partial charge in [0.1, 0.15) is 11.8 Å². The van der Waals surface area contributed by atoms with Gasteiger partial charge >= 0.3 is 0 Å². The average molecular weight is 314 g/mol. The summed E-state index contributed by atoms with van der Waals surface area (Å²) in [7, 11) is 0. The highest BCUT2D eigenvalue weighted by molar-refractivity contribution is 5.50. The molecule has 122 valence electrons. The third-order valence-corrected chi connectivity index (χ3v) is 4.21. The van der Waals surface area contributed by atoms with E-state index < -0.39 is 0 Å². The SMILES string of the molecule is CCOc1cc2c(cc1OCC)[C@H](c1ccc(O)cc1)[NH2+]CC2. The van der Waals surface area contributed by atoms with Crippen LogP contribution in [-0.4, -0.2) is 24.9 Å². The van der Waals surface area contributed by atoms with E-state index in [-0.39, 0.29) is 6.04 Å². The first-order valence-corrected chi connectivity index (χ1v) is 8.27. The molecule has 4 nitrogen and oxygen atoms in total. The lowest BCUT2D eigenvalue weighted by molar-refractivity contribution is -0.690. The highest BCUT2D eigenvalue weighted by Crippen LogP contribution is 2.36. The molecule has 1 aliphatic rings. The minimum atomic E-state index is 0.231. The summed E-state index contributed by atoms with van der Waals surface area (Å²) in [6.07, 6.45) is 1.02. The molecule has 1 atom stereocenters. The Balaban J connectivity index is 2.02. The Morgan fingerprint density at radius 1 is 1.04 bits per heavy atom. The van der Waals surface area contributed by atoms with Gasteiger partial charge in [-0.15, -0.1) is 0 Å². The van der Waals surface area contributed by atoms with Crippen molar-refractivity contribution in [3.05, 3.63) is 53.1 Å². The van der Waals surface area contributed by atoms with E-state index in [1.165, 1.54) is 16.7 Å². The van der Waals surface area contributed by atoms with Crippen LogP contribution in [-0.2, 0) is 6.42 Å². The van der Waals surface area contributed by atoms with Crippen LogP contribution in [0.25, 0.3) is 0 Å². The third kappa shape index (κ3) is 3.27. The molecule has 0 bridgehead atoms. The Morgan fingerprint density at radius 3 is 2.35 bits per heavy atom. The monoisotopic (exact) mass is 314 g/mol. The van der Waals surface area contributed by atoms with Gasteiger partial charge in [-0.2, -0.15) is 0 Å². The van der Waals surface area contributed by atoms with Crippen molar-refractivity contribution in [1.82, 2.24) is 0 Å². The van der Waals surface area contributed by atoms with Crippen molar-refractivity contribution in [2.24, 2.45) is 0 Å². The van der Waals surface area contributed by atoms with Gasteiger partial charge in [0.05, 0.1) is 19.8 Å². The molecule has 0 aliphatic carbocycles. The quantitative estimate of drug-likeness (QED) is 0.891. The van der Waals surface area contributed by atoms with E-state index in [9.17, 15) is 5.11 Å². The van der Waals surface area contributed by atoms with Gasteiger partial charge in [-0.05, 0) is 55.8 Å². The Labute approximate surface area is 137 Å². The number of benzene rings is 2. The molecule has 0 saturated heterocycles. The lowest BCUT2D eigenvalue weighted by Gasteiger charge is -2.26. The van der Waals surface area contributed by atoms with E-state index in [2.05, 4.69) is 17.4 Å². The van der Waals surface area contributed by atoms with Crippen molar-refractivity contribution >= 4 is 0 Å². The van der Waals surface area contributed by atoms with Gasteiger partial charge in [-0.3, -0.25) is 0 Å². The first kappa shape index (κ1) is 15.7. The van der Waals surface area contributed by atoms with Gasteiger partial charge < -0.3 is 19.9 Å². The molecular formula is C19H24NO3+. The van der Waals surface area contributed by atoms with Gasteiger partial charge in [0.25, 0.3) is 0 Å². The number of ether oxygens (including phenoxy) is 2. The van der Waals surface area contributed by atoms with Crippen molar-refractivity contribution in [1.29, 1.82) is 0 Å². The molecular weight excluding hydrogens is 290 g/mol. The maximum absolute atomic E-state index is 9.51. The van der Waals surface area contributed by atoms with Crippen LogP contribution in [0.3, 0.4) is 0 Å². The molecule has 2 aromatic rings. The maximum Gasteiger partial charge on any atom is 0.161 e. The van der Waals surface area contributed by atoms with Crippen LogP contribution < -0.4 is 14.8 Å². The van der Waals surface area contributed by atoms with Crippen LogP contribution in [0.1, 0.15) is 36.6 Å². The average Bonchev–Trinajstić information content (AvgIpc) is 2.56. The van der Waals surface area contributed by atoms with Crippen molar-refractivity contribution in [3.8, 4) is 17.2 Å². The van der Waals surface area contributed by atoms with Crippen LogP contribution >= 0.6 is 0 Å². The number of phenolic OH excluding ortho intramolecular Hbond substituents is 1. The minimum absolute atomic E-state index is 0.231. The molecule has 3 rings (SSSR count). The summed E-state index contributed by atoms with van der Waals surface area (Å²) in [5, 5.41) is 11.9.